The summed E-state index contributed by atoms with van der Waals surface area (Å²) in [7, 11) is 0. The lowest BCUT2D eigenvalue weighted by Gasteiger charge is -2.33. The maximum absolute atomic E-state index is 12.4. The third-order valence-electron chi connectivity index (χ3n) is 5.84. The van der Waals surface area contributed by atoms with Gasteiger partial charge in [0.25, 0.3) is 0 Å². The van der Waals surface area contributed by atoms with Crippen molar-refractivity contribution in [3.8, 4) is 11.5 Å². The van der Waals surface area contributed by atoms with Crippen molar-refractivity contribution >= 4 is 17.5 Å². The topological polar surface area (TPSA) is 88.6 Å². The predicted octanol–water partition coefficient (Wildman–Crippen LogP) is 2.87. The molecule has 0 spiro atoms. The van der Waals surface area contributed by atoms with Crippen LogP contribution in [0.15, 0.2) is 24.3 Å². The van der Waals surface area contributed by atoms with Crippen LogP contribution in [0.3, 0.4) is 0 Å². The van der Waals surface area contributed by atoms with Crippen LogP contribution in [0.1, 0.15) is 36.9 Å². The highest BCUT2D eigenvalue weighted by Gasteiger charge is 2.23. The van der Waals surface area contributed by atoms with Crippen molar-refractivity contribution in [3.63, 3.8) is 0 Å². The summed E-state index contributed by atoms with van der Waals surface area (Å²) in [6.45, 7) is 1.95. The van der Waals surface area contributed by atoms with Gasteiger partial charge in [-0.2, -0.15) is 5.10 Å². The fourth-order valence-electron chi connectivity index (χ4n) is 4.21. The van der Waals surface area contributed by atoms with Gasteiger partial charge in [0, 0.05) is 30.9 Å². The first kappa shape index (κ1) is 18.0. The van der Waals surface area contributed by atoms with E-state index in [0.717, 1.165) is 50.3 Å². The fourth-order valence-corrected chi connectivity index (χ4v) is 4.21. The largest absolute Gasteiger partial charge is 0.454 e. The quantitative estimate of drug-likeness (QED) is 0.831. The number of nitrogens with one attached hydrogen (secondary N) is 2. The molecule has 1 saturated heterocycles. The second-order valence-electron chi connectivity index (χ2n) is 7.81. The Bertz CT molecular complexity index is 911. The molecule has 1 aromatic heterocycles. The number of carbonyl (C=O) groups excluding carboxylic acids is 1. The molecular weight excluding hydrogens is 370 g/mol. The third kappa shape index (κ3) is 3.92. The molecule has 152 valence electrons. The number of aryl methyl sites for hydroxylation is 2. The number of nitrogens with zero attached hydrogens (tertiary/aromatic N) is 3. The normalized spacial score (nSPS) is 18.3. The summed E-state index contributed by atoms with van der Waals surface area (Å²) in [4.78, 5) is 14.6. The summed E-state index contributed by atoms with van der Waals surface area (Å²) in [5.74, 6) is 2.32. The zero-order valence-electron chi connectivity index (χ0n) is 16.3. The number of aromatic nitrogens is 2. The SMILES string of the molecule is O=C(Nc1ccc2c(c1)OCO2)NC1CCN(c2cc3c(nn2)CCCC3)CC1. The van der Waals surface area contributed by atoms with Crippen LogP contribution >= 0.6 is 0 Å². The van der Waals surface area contributed by atoms with Gasteiger partial charge < -0.3 is 25.0 Å². The predicted molar refractivity (Wildman–Crippen MR) is 109 cm³/mol. The number of carbonyl (C=O) groups is 1. The van der Waals surface area contributed by atoms with Gasteiger partial charge in [-0.1, -0.05) is 0 Å². The van der Waals surface area contributed by atoms with Crippen molar-refractivity contribution in [1.29, 1.82) is 0 Å². The van der Waals surface area contributed by atoms with E-state index in [4.69, 9.17) is 9.47 Å². The van der Waals surface area contributed by atoms with Crippen molar-refractivity contribution in [2.75, 3.05) is 30.1 Å². The van der Waals surface area contributed by atoms with Gasteiger partial charge in [0.15, 0.2) is 17.3 Å². The first-order valence-corrected chi connectivity index (χ1v) is 10.3. The molecule has 1 aliphatic carbocycles. The third-order valence-corrected chi connectivity index (χ3v) is 5.84. The number of ether oxygens (including phenoxy) is 2. The molecule has 29 heavy (non-hydrogen) atoms. The summed E-state index contributed by atoms with van der Waals surface area (Å²) in [6, 6.07) is 7.54. The number of hydrogen-bond acceptors (Lipinski definition) is 6. The molecule has 0 atom stereocenters. The molecule has 8 nitrogen and oxygen atoms in total. The number of piperidine rings is 1. The van der Waals surface area contributed by atoms with Gasteiger partial charge in [-0.05, 0) is 62.3 Å². The van der Waals surface area contributed by atoms with E-state index in [-0.39, 0.29) is 18.9 Å². The zero-order chi connectivity index (χ0) is 19.6. The van der Waals surface area contributed by atoms with E-state index in [0.29, 0.717) is 17.2 Å². The number of benzene rings is 1. The number of amides is 2. The highest BCUT2D eigenvalue weighted by molar-refractivity contribution is 5.89. The molecule has 2 aliphatic heterocycles. The number of rotatable bonds is 3. The minimum atomic E-state index is -0.198. The lowest BCUT2D eigenvalue weighted by Crippen LogP contribution is -2.46. The van der Waals surface area contributed by atoms with Crippen LogP contribution in [0, 0.1) is 0 Å². The van der Waals surface area contributed by atoms with Gasteiger partial charge in [0.2, 0.25) is 6.79 Å². The summed E-state index contributed by atoms with van der Waals surface area (Å²) in [5.41, 5.74) is 3.20. The Balaban J connectivity index is 1.13. The first-order valence-electron chi connectivity index (χ1n) is 10.3. The summed E-state index contributed by atoms with van der Waals surface area (Å²) < 4.78 is 10.6. The standard InChI is InChI=1S/C21H25N5O3/c27-21(23-16-5-6-18-19(12-16)29-13-28-18)22-15-7-9-26(10-8-15)20-11-14-3-1-2-4-17(14)24-25-20/h5-6,11-12,15H,1-4,7-10,13H2,(H2,22,23,27). The Morgan fingerprint density at radius 1 is 1.03 bits per heavy atom. The molecule has 8 heteroatoms. The minimum Gasteiger partial charge on any atom is -0.454 e. The monoisotopic (exact) mass is 395 g/mol. The molecule has 0 saturated carbocycles. The highest BCUT2D eigenvalue weighted by Crippen LogP contribution is 2.34. The number of anilines is 2. The second kappa shape index (κ2) is 7.77. The van der Waals surface area contributed by atoms with Crippen LogP contribution in [0.25, 0.3) is 0 Å². The van der Waals surface area contributed by atoms with Gasteiger partial charge in [0.05, 0.1) is 5.69 Å². The molecule has 5 rings (SSSR count). The molecule has 3 heterocycles. The summed E-state index contributed by atoms with van der Waals surface area (Å²) in [6.07, 6.45) is 6.37. The molecule has 0 bridgehead atoms. The van der Waals surface area contributed by atoms with E-state index in [1.54, 1.807) is 12.1 Å². The lowest BCUT2D eigenvalue weighted by molar-refractivity contribution is 0.174. The molecule has 0 unspecified atom stereocenters. The smallest absolute Gasteiger partial charge is 0.319 e. The van der Waals surface area contributed by atoms with Gasteiger partial charge in [0.1, 0.15) is 0 Å². The van der Waals surface area contributed by atoms with E-state index in [2.05, 4.69) is 31.8 Å². The van der Waals surface area contributed by atoms with Crippen LogP contribution in [0.4, 0.5) is 16.3 Å². The van der Waals surface area contributed by atoms with Crippen molar-refractivity contribution in [2.24, 2.45) is 0 Å². The van der Waals surface area contributed by atoms with Crippen molar-refractivity contribution < 1.29 is 14.3 Å². The molecule has 1 fully saturated rings. The Kier molecular flexibility index (Phi) is 4.83. The maximum Gasteiger partial charge on any atom is 0.319 e. The Labute approximate surface area is 169 Å². The van der Waals surface area contributed by atoms with Crippen LogP contribution < -0.4 is 25.0 Å². The number of hydrogen-bond donors (Lipinski definition) is 2. The highest BCUT2D eigenvalue weighted by atomic mass is 16.7. The Morgan fingerprint density at radius 3 is 2.76 bits per heavy atom. The fraction of sp³-hybridized carbons (Fsp3) is 0.476. The van der Waals surface area contributed by atoms with Crippen LogP contribution in [0.2, 0.25) is 0 Å². The molecule has 3 aliphatic rings. The van der Waals surface area contributed by atoms with Crippen molar-refractivity contribution in [1.82, 2.24) is 15.5 Å². The van der Waals surface area contributed by atoms with E-state index >= 15 is 0 Å². The molecule has 2 N–H and O–H groups in total. The van der Waals surface area contributed by atoms with Crippen molar-refractivity contribution in [2.45, 2.75) is 44.6 Å². The van der Waals surface area contributed by atoms with Gasteiger partial charge in [-0.15, -0.1) is 5.10 Å². The van der Waals surface area contributed by atoms with E-state index in [9.17, 15) is 4.79 Å². The van der Waals surface area contributed by atoms with Crippen molar-refractivity contribution in [3.05, 3.63) is 35.5 Å². The molecule has 0 radical (unpaired) electrons. The lowest BCUT2D eigenvalue weighted by atomic mass is 9.96. The Morgan fingerprint density at radius 2 is 1.86 bits per heavy atom. The zero-order valence-corrected chi connectivity index (χ0v) is 16.3. The Hall–Kier alpha value is -3.03. The van der Waals surface area contributed by atoms with Crippen LogP contribution in [-0.2, 0) is 12.8 Å². The first-order chi connectivity index (χ1) is 14.2. The summed E-state index contributed by atoms with van der Waals surface area (Å²) in [5, 5.41) is 14.8. The van der Waals surface area contributed by atoms with Gasteiger partial charge >= 0.3 is 6.03 Å². The minimum absolute atomic E-state index is 0.144. The average molecular weight is 395 g/mol. The van der Waals surface area contributed by atoms with E-state index < -0.39 is 0 Å². The molecule has 2 amide bonds. The van der Waals surface area contributed by atoms with Crippen LogP contribution in [-0.4, -0.2) is 42.2 Å². The second-order valence-corrected chi connectivity index (χ2v) is 7.81. The number of fused-ring (bicyclic) bond motifs is 2. The van der Waals surface area contributed by atoms with E-state index in [1.807, 2.05) is 6.07 Å². The molecular formula is C21H25N5O3. The average Bonchev–Trinajstić information content (AvgIpc) is 3.22. The number of urea groups is 1. The van der Waals surface area contributed by atoms with Gasteiger partial charge in [-0.3, -0.25) is 0 Å². The molecule has 1 aromatic carbocycles. The molecule has 2 aromatic rings. The van der Waals surface area contributed by atoms with Gasteiger partial charge in [-0.25, -0.2) is 4.79 Å². The van der Waals surface area contributed by atoms with Crippen LogP contribution in [0.5, 0.6) is 11.5 Å². The van der Waals surface area contributed by atoms with E-state index in [1.165, 1.54) is 18.4 Å². The summed E-state index contributed by atoms with van der Waals surface area (Å²) >= 11 is 0. The maximum atomic E-state index is 12.4.